The summed E-state index contributed by atoms with van der Waals surface area (Å²) in [5.74, 6) is -0.132. The van der Waals surface area contributed by atoms with Gasteiger partial charge in [0.1, 0.15) is 6.33 Å². The molecule has 0 spiro atoms. The summed E-state index contributed by atoms with van der Waals surface area (Å²) in [5, 5.41) is 2.26. The average Bonchev–Trinajstić information content (AvgIpc) is 2.82. The first-order chi connectivity index (χ1) is 9.09. The molecular formula is C13H12ClN3OS. The molecule has 6 heteroatoms. The summed E-state index contributed by atoms with van der Waals surface area (Å²) < 4.78 is 0. The van der Waals surface area contributed by atoms with Gasteiger partial charge in [0.25, 0.3) is 0 Å². The minimum Gasteiger partial charge on any atom is -0.383 e. The van der Waals surface area contributed by atoms with E-state index in [1.807, 2.05) is 14.1 Å². The molecule has 19 heavy (non-hydrogen) atoms. The van der Waals surface area contributed by atoms with Gasteiger partial charge in [-0.15, -0.1) is 11.3 Å². The molecule has 0 radical (unpaired) electrons. The van der Waals surface area contributed by atoms with Crippen LogP contribution in [0.2, 0.25) is 5.02 Å². The third-order valence-corrected chi connectivity index (χ3v) is 3.65. The molecule has 2 aromatic heterocycles. The Bertz CT molecular complexity index is 607. The number of halogens is 1. The lowest BCUT2D eigenvalue weighted by Crippen LogP contribution is -2.09. The van der Waals surface area contributed by atoms with Crippen LogP contribution in [-0.4, -0.2) is 34.7 Å². The van der Waals surface area contributed by atoms with Crippen molar-refractivity contribution in [3.8, 4) is 0 Å². The molecule has 0 saturated heterocycles. The molecule has 0 amide bonds. The summed E-state index contributed by atoms with van der Waals surface area (Å²) in [4.78, 5) is 22.8. The van der Waals surface area contributed by atoms with Gasteiger partial charge < -0.3 is 4.90 Å². The molecule has 98 valence electrons. The normalized spacial score (nSPS) is 11.4. The van der Waals surface area contributed by atoms with Crippen molar-refractivity contribution < 1.29 is 4.79 Å². The zero-order valence-electron chi connectivity index (χ0n) is 10.5. The van der Waals surface area contributed by atoms with Crippen molar-refractivity contribution in [3.63, 3.8) is 0 Å². The van der Waals surface area contributed by atoms with Crippen molar-refractivity contribution in [2.45, 2.75) is 0 Å². The SMILES string of the molecule is CN(C)/C=C(/C(=O)c1sccc1Cl)c1ccncn1. The van der Waals surface area contributed by atoms with E-state index in [1.165, 1.54) is 17.7 Å². The van der Waals surface area contributed by atoms with Gasteiger partial charge in [0, 0.05) is 26.5 Å². The van der Waals surface area contributed by atoms with E-state index in [1.54, 1.807) is 34.8 Å². The summed E-state index contributed by atoms with van der Waals surface area (Å²) in [6.45, 7) is 0. The smallest absolute Gasteiger partial charge is 0.208 e. The highest BCUT2D eigenvalue weighted by Gasteiger charge is 2.19. The van der Waals surface area contributed by atoms with Gasteiger partial charge in [0.05, 0.1) is 21.2 Å². The van der Waals surface area contributed by atoms with Crippen LogP contribution in [-0.2, 0) is 0 Å². The first kappa shape index (κ1) is 13.7. The Hall–Kier alpha value is -1.72. The number of hydrogen-bond acceptors (Lipinski definition) is 5. The van der Waals surface area contributed by atoms with E-state index >= 15 is 0 Å². The van der Waals surface area contributed by atoms with Crippen molar-refractivity contribution >= 4 is 34.3 Å². The van der Waals surface area contributed by atoms with Crippen LogP contribution >= 0.6 is 22.9 Å². The first-order valence-corrected chi connectivity index (χ1v) is 6.77. The van der Waals surface area contributed by atoms with Gasteiger partial charge in [-0.05, 0) is 17.5 Å². The zero-order valence-corrected chi connectivity index (χ0v) is 12.1. The fraction of sp³-hybridized carbons (Fsp3) is 0.154. The Labute approximate surface area is 120 Å². The summed E-state index contributed by atoms with van der Waals surface area (Å²) in [6, 6.07) is 3.42. The fourth-order valence-corrected chi connectivity index (χ4v) is 2.62. The summed E-state index contributed by atoms with van der Waals surface area (Å²) in [6.07, 6.45) is 4.76. The van der Waals surface area contributed by atoms with Gasteiger partial charge in [-0.2, -0.15) is 0 Å². The van der Waals surface area contributed by atoms with Crippen LogP contribution in [0.1, 0.15) is 15.4 Å². The van der Waals surface area contributed by atoms with Crippen LogP contribution in [0.5, 0.6) is 0 Å². The number of aromatic nitrogens is 2. The number of rotatable bonds is 4. The number of Topliss-reactive ketones (excluding diaryl/α,β-unsaturated/α-hetero) is 1. The van der Waals surface area contributed by atoms with Crippen molar-refractivity contribution in [1.29, 1.82) is 0 Å². The molecule has 2 rings (SSSR count). The average molecular weight is 294 g/mol. The maximum atomic E-state index is 12.5. The predicted molar refractivity (Wildman–Crippen MR) is 77.4 cm³/mol. The van der Waals surface area contributed by atoms with Crippen molar-refractivity contribution in [2.75, 3.05) is 14.1 Å². The van der Waals surface area contributed by atoms with Crippen molar-refractivity contribution in [1.82, 2.24) is 14.9 Å². The minimum absolute atomic E-state index is 0.132. The number of hydrogen-bond donors (Lipinski definition) is 0. The lowest BCUT2D eigenvalue weighted by atomic mass is 10.1. The van der Waals surface area contributed by atoms with Gasteiger partial charge in [-0.3, -0.25) is 4.79 Å². The lowest BCUT2D eigenvalue weighted by molar-refractivity contribution is 0.105. The molecule has 0 bridgehead atoms. The fourth-order valence-electron chi connectivity index (χ4n) is 1.53. The van der Waals surface area contributed by atoms with Gasteiger partial charge in [0.2, 0.25) is 5.78 Å². The standard InChI is InChI=1S/C13H12ClN3OS/c1-17(2)7-9(11-3-5-15-8-16-11)12(18)13-10(14)4-6-19-13/h3-8H,1-2H3/b9-7+. The van der Waals surface area contributed by atoms with E-state index in [2.05, 4.69) is 9.97 Å². The maximum Gasteiger partial charge on any atom is 0.208 e. The second-order valence-electron chi connectivity index (χ2n) is 4.03. The molecule has 0 saturated carbocycles. The highest BCUT2D eigenvalue weighted by atomic mass is 35.5. The van der Waals surface area contributed by atoms with Gasteiger partial charge >= 0.3 is 0 Å². The van der Waals surface area contributed by atoms with E-state index < -0.39 is 0 Å². The molecule has 2 heterocycles. The second-order valence-corrected chi connectivity index (χ2v) is 5.35. The van der Waals surface area contributed by atoms with Crippen LogP contribution in [0.4, 0.5) is 0 Å². The molecule has 0 atom stereocenters. The molecule has 0 N–H and O–H groups in total. The predicted octanol–water partition coefficient (Wildman–Crippen LogP) is 2.98. The number of thiophene rings is 1. The number of carbonyl (C=O) groups is 1. The second kappa shape index (κ2) is 5.95. The molecule has 0 fully saturated rings. The minimum atomic E-state index is -0.132. The Morgan fingerprint density at radius 2 is 2.21 bits per heavy atom. The van der Waals surface area contributed by atoms with E-state index in [9.17, 15) is 4.79 Å². The number of ketones is 1. The van der Waals surface area contributed by atoms with Crippen LogP contribution in [0.15, 0.2) is 36.2 Å². The van der Waals surface area contributed by atoms with Crippen LogP contribution in [0.25, 0.3) is 5.57 Å². The molecule has 0 unspecified atom stereocenters. The van der Waals surface area contributed by atoms with Crippen LogP contribution < -0.4 is 0 Å². The van der Waals surface area contributed by atoms with Crippen LogP contribution in [0.3, 0.4) is 0 Å². The molecule has 2 aromatic rings. The lowest BCUT2D eigenvalue weighted by Gasteiger charge is -2.10. The van der Waals surface area contributed by atoms with Gasteiger partial charge in [-0.25, -0.2) is 9.97 Å². The number of allylic oxidation sites excluding steroid dienone is 1. The maximum absolute atomic E-state index is 12.5. The van der Waals surface area contributed by atoms with E-state index in [-0.39, 0.29) is 5.78 Å². The van der Waals surface area contributed by atoms with E-state index in [4.69, 9.17) is 11.6 Å². The molecule has 0 aliphatic carbocycles. The Balaban J connectivity index is 2.46. The molecule has 0 aliphatic rings. The highest BCUT2D eigenvalue weighted by molar-refractivity contribution is 7.13. The van der Waals surface area contributed by atoms with E-state index in [0.29, 0.717) is 21.2 Å². The van der Waals surface area contributed by atoms with Crippen molar-refractivity contribution in [3.05, 3.63) is 51.8 Å². The largest absolute Gasteiger partial charge is 0.383 e. The number of nitrogens with zero attached hydrogens (tertiary/aromatic N) is 3. The Kier molecular flexibility index (Phi) is 4.29. The zero-order chi connectivity index (χ0) is 13.8. The third-order valence-electron chi connectivity index (χ3n) is 2.31. The summed E-state index contributed by atoms with van der Waals surface area (Å²) in [7, 11) is 3.70. The topological polar surface area (TPSA) is 46.1 Å². The number of carbonyl (C=O) groups excluding carboxylic acids is 1. The molecule has 0 aliphatic heterocycles. The quantitative estimate of drug-likeness (QED) is 0.642. The van der Waals surface area contributed by atoms with Crippen molar-refractivity contribution in [2.24, 2.45) is 0 Å². The Morgan fingerprint density at radius 1 is 1.42 bits per heavy atom. The highest BCUT2D eigenvalue weighted by Crippen LogP contribution is 2.28. The van der Waals surface area contributed by atoms with Crippen LogP contribution in [0, 0.1) is 0 Å². The van der Waals surface area contributed by atoms with Gasteiger partial charge in [0.15, 0.2) is 0 Å². The molecule has 4 nitrogen and oxygen atoms in total. The van der Waals surface area contributed by atoms with E-state index in [0.717, 1.165) is 0 Å². The third kappa shape index (κ3) is 3.19. The molecular weight excluding hydrogens is 282 g/mol. The summed E-state index contributed by atoms with van der Waals surface area (Å²) in [5.41, 5.74) is 1.08. The first-order valence-electron chi connectivity index (χ1n) is 5.52. The monoisotopic (exact) mass is 293 g/mol. The Morgan fingerprint density at radius 3 is 2.74 bits per heavy atom. The molecule has 0 aromatic carbocycles. The van der Waals surface area contributed by atoms with Gasteiger partial charge in [-0.1, -0.05) is 11.6 Å². The summed E-state index contributed by atoms with van der Waals surface area (Å²) >= 11 is 7.34.